The molecule has 0 atom stereocenters. The van der Waals surface area contributed by atoms with Crippen LogP contribution in [0.5, 0.6) is 0 Å². The van der Waals surface area contributed by atoms with Crippen molar-refractivity contribution in [1.29, 1.82) is 0 Å². The van der Waals surface area contributed by atoms with Crippen molar-refractivity contribution in [2.24, 2.45) is 10.2 Å². The Bertz CT molecular complexity index is 677. The maximum atomic E-state index is 4.38. The van der Waals surface area contributed by atoms with Crippen molar-refractivity contribution in [3.8, 4) is 0 Å². The molecule has 0 N–H and O–H groups in total. The third-order valence-corrected chi connectivity index (χ3v) is 5.10. The summed E-state index contributed by atoms with van der Waals surface area (Å²) in [5.41, 5.74) is 6.54. The Labute approximate surface area is 141 Å². The Morgan fingerprint density at radius 2 is 2.09 bits per heavy atom. The predicted molar refractivity (Wildman–Crippen MR) is 95.3 cm³/mol. The Kier molecular flexibility index (Phi) is 5.00. The van der Waals surface area contributed by atoms with E-state index in [2.05, 4.69) is 58.2 Å². The summed E-state index contributed by atoms with van der Waals surface area (Å²) in [5, 5.41) is 16.9. The zero-order valence-corrected chi connectivity index (χ0v) is 14.8. The van der Waals surface area contributed by atoms with Crippen LogP contribution in [0.2, 0.25) is 0 Å². The molecular formula is C17H23N5S. The molecule has 1 aromatic heterocycles. The number of nitrogens with zero attached hydrogens (tertiary/aromatic N) is 5. The van der Waals surface area contributed by atoms with Crippen molar-refractivity contribution in [2.45, 2.75) is 52.5 Å². The number of hydrogen-bond donors (Lipinski definition) is 0. The standard InChI is InChI=1S/C17H23N5S/c1-4-14(5-2)22-8-6-7-13-10-15(12(3)9-16(13)22)19-21-17-20-18-11-23-17/h9-11,14H,4-8H2,1-3H3. The summed E-state index contributed by atoms with van der Waals surface area (Å²) in [6, 6.07) is 5.10. The van der Waals surface area contributed by atoms with E-state index in [4.69, 9.17) is 0 Å². The fourth-order valence-corrected chi connectivity index (χ4v) is 3.65. The van der Waals surface area contributed by atoms with Crippen LogP contribution in [0.15, 0.2) is 27.9 Å². The monoisotopic (exact) mass is 329 g/mol. The first kappa shape index (κ1) is 16.1. The summed E-state index contributed by atoms with van der Waals surface area (Å²) in [7, 11) is 0. The molecule has 0 radical (unpaired) electrons. The largest absolute Gasteiger partial charge is 0.368 e. The molecule has 1 aliphatic heterocycles. The van der Waals surface area contributed by atoms with Crippen LogP contribution in [0.3, 0.4) is 0 Å². The highest BCUT2D eigenvalue weighted by atomic mass is 32.1. The van der Waals surface area contributed by atoms with Crippen molar-refractivity contribution in [3.05, 3.63) is 28.8 Å². The van der Waals surface area contributed by atoms with E-state index in [1.165, 1.54) is 41.9 Å². The van der Waals surface area contributed by atoms with Gasteiger partial charge in [0.1, 0.15) is 5.51 Å². The predicted octanol–water partition coefficient (Wildman–Crippen LogP) is 5.20. The smallest absolute Gasteiger partial charge is 0.251 e. The van der Waals surface area contributed by atoms with Crippen LogP contribution in [0.1, 0.15) is 44.2 Å². The second kappa shape index (κ2) is 7.17. The van der Waals surface area contributed by atoms with Crippen LogP contribution in [0, 0.1) is 6.92 Å². The van der Waals surface area contributed by atoms with E-state index in [0.717, 1.165) is 24.2 Å². The number of hydrogen-bond acceptors (Lipinski definition) is 6. The van der Waals surface area contributed by atoms with Crippen LogP contribution in [0.25, 0.3) is 0 Å². The van der Waals surface area contributed by atoms with Gasteiger partial charge in [-0.1, -0.05) is 25.2 Å². The van der Waals surface area contributed by atoms with Crippen molar-refractivity contribution >= 4 is 27.8 Å². The second-order valence-electron chi connectivity index (χ2n) is 5.96. The molecule has 5 nitrogen and oxygen atoms in total. The van der Waals surface area contributed by atoms with Crippen molar-refractivity contribution < 1.29 is 0 Å². The van der Waals surface area contributed by atoms with Gasteiger partial charge >= 0.3 is 0 Å². The molecular weight excluding hydrogens is 306 g/mol. The molecule has 0 spiro atoms. The number of aryl methyl sites for hydroxylation is 2. The molecule has 0 amide bonds. The van der Waals surface area contributed by atoms with Gasteiger partial charge in [0.2, 0.25) is 0 Å². The van der Waals surface area contributed by atoms with Crippen molar-refractivity contribution in [1.82, 2.24) is 10.2 Å². The van der Waals surface area contributed by atoms with Gasteiger partial charge in [-0.25, -0.2) is 0 Å². The second-order valence-corrected chi connectivity index (χ2v) is 6.77. The molecule has 23 heavy (non-hydrogen) atoms. The van der Waals surface area contributed by atoms with E-state index >= 15 is 0 Å². The average Bonchev–Trinajstić information content (AvgIpc) is 3.08. The van der Waals surface area contributed by atoms with E-state index in [-0.39, 0.29) is 0 Å². The molecule has 1 aromatic carbocycles. The molecule has 1 aliphatic rings. The Morgan fingerprint density at radius 3 is 2.78 bits per heavy atom. The lowest BCUT2D eigenvalue weighted by Gasteiger charge is -2.37. The minimum Gasteiger partial charge on any atom is -0.368 e. The van der Waals surface area contributed by atoms with E-state index in [1.54, 1.807) is 5.51 Å². The summed E-state index contributed by atoms with van der Waals surface area (Å²) >= 11 is 1.40. The van der Waals surface area contributed by atoms with Gasteiger partial charge in [0.05, 0.1) is 5.69 Å². The quantitative estimate of drug-likeness (QED) is 0.708. The zero-order chi connectivity index (χ0) is 16.2. The summed E-state index contributed by atoms with van der Waals surface area (Å²) in [6.45, 7) is 7.82. The van der Waals surface area contributed by atoms with Crippen LogP contribution in [-0.4, -0.2) is 22.8 Å². The number of fused-ring (bicyclic) bond motifs is 1. The fourth-order valence-electron chi connectivity index (χ4n) is 3.28. The number of anilines is 1. The van der Waals surface area contributed by atoms with E-state index in [0.29, 0.717) is 11.2 Å². The number of azo groups is 1. The maximum Gasteiger partial charge on any atom is 0.251 e. The van der Waals surface area contributed by atoms with Gasteiger partial charge in [-0.2, -0.15) is 0 Å². The first-order valence-electron chi connectivity index (χ1n) is 8.31. The molecule has 0 unspecified atom stereocenters. The van der Waals surface area contributed by atoms with E-state index in [1.807, 2.05) is 0 Å². The number of rotatable bonds is 5. The highest BCUT2D eigenvalue weighted by Crippen LogP contribution is 2.36. The zero-order valence-electron chi connectivity index (χ0n) is 14.0. The third kappa shape index (κ3) is 3.42. The first-order chi connectivity index (χ1) is 11.2. The topological polar surface area (TPSA) is 53.7 Å². The molecule has 0 bridgehead atoms. The SMILES string of the molecule is CCC(CC)N1CCCc2cc(N=Nc3nncs3)c(C)cc21. The molecule has 2 aromatic rings. The van der Waals surface area contributed by atoms with Crippen LogP contribution in [-0.2, 0) is 6.42 Å². The van der Waals surface area contributed by atoms with Gasteiger partial charge in [-0.3, -0.25) is 0 Å². The van der Waals surface area contributed by atoms with E-state index in [9.17, 15) is 0 Å². The van der Waals surface area contributed by atoms with Crippen LogP contribution in [0.4, 0.5) is 16.5 Å². The summed E-state index contributed by atoms with van der Waals surface area (Å²) in [4.78, 5) is 2.58. The van der Waals surface area contributed by atoms with Gasteiger partial charge < -0.3 is 4.90 Å². The highest BCUT2D eigenvalue weighted by molar-refractivity contribution is 7.13. The fraction of sp³-hybridized carbons (Fsp3) is 0.529. The highest BCUT2D eigenvalue weighted by Gasteiger charge is 2.23. The molecule has 3 rings (SSSR count). The van der Waals surface area contributed by atoms with E-state index < -0.39 is 0 Å². The summed E-state index contributed by atoms with van der Waals surface area (Å²) in [6.07, 6.45) is 4.70. The lowest BCUT2D eigenvalue weighted by molar-refractivity contribution is 0.532. The van der Waals surface area contributed by atoms with Gasteiger partial charge in [-0.05, 0) is 55.9 Å². The van der Waals surface area contributed by atoms with Gasteiger partial charge in [0.15, 0.2) is 0 Å². The molecule has 6 heteroatoms. The molecule has 2 heterocycles. The molecule has 0 saturated heterocycles. The minimum absolute atomic E-state index is 0.598. The summed E-state index contributed by atoms with van der Waals surface area (Å²) < 4.78 is 0. The molecule has 0 fully saturated rings. The lowest BCUT2D eigenvalue weighted by Crippen LogP contribution is -2.38. The average molecular weight is 329 g/mol. The number of benzene rings is 1. The van der Waals surface area contributed by atoms with Crippen molar-refractivity contribution in [2.75, 3.05) is 11.4 Å². The van der Waals surface area contributed by atoms with Crippen molar-refractivity contribution in [3.63, 3.8) is 0 Å². The van der Waals surface area contributed by atoms with Crippen LogP contribution < -0.4 is 4.90 Å². The number of aromatic nitrogens is 2. The minimum atomic E-state index is 0.598. The lowest BCUT2D eigenvalue weighted by atomic mass is 9.96. The Hall–Kier alpha value is -1.82. The van der Waals surface area contributed by atoms with Crippen LogP contribution >= 0.6 is 11.3 Å². The molecule has 0 aliphatic carbocycles. The summed E-state index contributed by atoms with van der Waals surface area (Å²) in [5.74, 6) is 0. The first-order valence-corrected chi connectivity index (χ1v) is 9.19. The Morgan fingerprint density at radius 1 is 1.26 bits per heavy atom. The van der Waals surface area contributed by atoms with Gasteiger partial charge in [0.25, 0.3) is 5.13 Å². The Balaban J connectivity index is 1.92. The molecule has 122 valence electrons. The molecule has 0 saturated carbocycles. The van der Waals surface area contributed by atoms with Gasteiger partial charge in [-0.15, -0.1) is 20.4 Å². The van der Waals surface area contributed by atoms with Gasteiger partial charge in [0, 0.05) is 18.3 Å². The third-order valence-electron chi connectivity index (χ3n) is 4.53. The maximum absolute atomic E-state index is 4.38. The normalized spacial score (nSPS) is 14.7.